The van der Waals surface area contributed by atoms with Crippen LogP contribution in [0.5, 0.6) is 5.75 Å². The number of benzene rings is 9. The number of carbonyl (C=O) groups excluding carboxylic acids is 1. The molecule has 0 aliphatic rings. The second kappa shape index (κ2) is 20.1. The van der Waals surface area contributed by atoms with E-state index in [0.717, 1.165) is 11.1 Å². The van der Waals surface area contributed by atoms with Crippen LogP contribution in [0.25, 0.3) is 32.7 Å². The minimum absolute atomic E-state index is 0. The van der Waals surface area contributed by atoms with Crippen molar-refractivity contribution in [2.75, 3.05) is 0 Å². The number of aromatic hydroxyl groups is 1. The van der Waals surface area contributed by atoms with Crippen molar-refractivity contribution in [1.29, 1.82) is 0 Å². The molecule has 0 aliphatic carbocycles. The topological polar surface area (TPSA) is 37.3 Å². The zero-order valence-electron chi connectivity index (χ0n) is 37.2. The fourth-order valence-corrected chi connectivity index (χ4v) is 13.2. The smallest absolute Gasteiger partial charge is 0.0662 e. The van der Waals surface area contributed by atoms with Crippen LogP contribution in [0.15, 0.2) is 206 Å². The Morgan fingerprint density at radius 1 is 0.422 bits per heavy atom. The van der Waals surface area contributed by atoms with Crippen LogP contribution in [0.2, 0.25) is 0 Å². The molecule has 5 heteroatoms. The summed E-state index contributed by atoms with van der Waals surface area (Å²) in [6.45, 7) is 12.3. The molecule has 0 saturated heterocycles. The molecule has 0 aliphatic heterocycles. The fourth-order valence-electron chi connectivity index (χ4n) is 8.30. The van der Waals surface area contributed by atoms with E-state index in [-0.39, 0.29) is 43.2 Å². The molecular weight excluding hydrogens is 998 g/mol. The zero-order chi connectivity index (χ0) is 44.1. The van der Waals surface area contributed by atoms with Gasteiger partial charge in [0, 0.05) is 26.8 Å². The van der Waals surface area contributed by atoms with Gasteiger partial charge in [-0.1, -0.05) is 253 Å². The Bertz CT molecular complexity index is 2750. The van der Waals surface area contributed by atoms with Crippen molar-refractivity contribution in [3.8, 4) is 16.9 Å². The Hall–Kier alpha value is -5.48. The predicted molar refractivity (Wildman–Crippen MR) is 275 cm³/mol. The van der Waals surface area contributed by atoms with Crippen LogP contribution in [0, 0.1) is 0 Å². The van der Waals surface area contributed by atoms with E-state index in [1.807, 2.05) is 33.1 Å². The van der Waals surface area contributed by atoms with Gasteiger partial charge in [0.1, 0.15) is 0 Å². The number of hydrogen-bond donors (Lipinski definition) is 1. The third-order valence-corrected chi connectivity index (χ3v) is 16.5. The van der Waals surface area contributed by atoms with Crippen molar-refractivity contribution in [2.24, 2.45) is 0 Å². The van der Waals surface area contributed by atoms with Gasteiger partial charge in [0.05, 0.1) is 6.29 Å². The molecule has 9 aromatic rings. The van der Waals surface area contributed by atoms with Crippen molar-refractivity contribution in [1.82, 2.24) is 0 Å². The number of phenols is 1. The van der Waals surface area contributed by atoms with Gasteiger partial charge in [-0.25, -0.2) is 0 Å². The van der Waals surface area contributed by atoms with E-state index in [1.54, 1.807) is 6.07 Å². The van der Waals surface area contributed by atoms with Crippen LogP contribution in [0.3, 0.4) is 0 Å². The summed E-state index contributed by atoms with van der Waals surface area (Å²) < 4.78 is 0. The van der Waals surface area contributed by atoms with Gasteiger partial charge in [0.2, 0.25) is 0 Å². The molecule has 0 unspecified atom stereocenters. The molecular formula is C59H53O2P2Pt-. The molecule has 64 heavy (non-hydrogen) atoms. The summed E-state index contributed by atoms with van der Waals surface area (Å²) >= 11 is 0. The van der Waals surface area contributed by atoms with E-state index < -0.39 is 15.8 Å². The van der Waals surface area contributed by atoms with Crippen molar-refractivity contribution in [3.63, 3.8) is 0 Å². The molecule has 0 heterocycles. The van der Waals surface area contributed by atoms with E-state index in [9.17, 15) is 9.90 Å². The maximum absolute atomic E-state index is 10.9. The monoisotopic (exact) mass is 1050 g/mol. The molecule has 0 bridgehead atoms. The summed E-state index contributed by atoms with van der Waals surface area (Å²) in [6.07, 6.45) is 1.82. The molecule has 9 rings (SSSR count). The van der Waals surface area contributed by atoms with E-state index in [0.29, 0.717) is 0 Å². The summed E-state index contributed by atoms with van der Waals surface area (Å²) in [5, 5.41) is 23.4. The SMILES string of the molecule is CC(C)(C)c1cc([C-]=O)c(O)c(C(C)(C)C)c1.[Pt].c1ccc(P(c2ccccc2)c2ccc3ccccc3c2-c2c(P(c3ccccc3)c3ccccc3)ccc3ccccc23)cc1. The first-order valence-electron chi connectivity index (χ1n) is 21.5. The summed E-state index contributed by atoms with van der Waals surface area (Å²) in [4.78, 5) is 10.9. The molecule has 1 N–H and O–H groups in total. The van der Waals surface area contributed by atoms with Crippen LogP contribution >= 0.6 is 15.8 Å². The van der Waals surface area contributed by atoms with Gasteiger partial charge in [-0.15, -0.1) is 5.56 Å². The first-order chi connectivity index (χ1) is 30.4. The van der Waals surface area contributed by atoms with Crippen LogP contribution in [-0.4, -0.2) is 11.4 Å². The maximum Gasteiger partial charge on any atom is 0.0662 e. The van der Waals surface area contributed by atoms with E-state index in [2.05, 4.69) is 215 Å². The number of phenolic OH excluding ortho intramolecular Hbond substituents is 1. The van der Waals surface area contributed by atoms with Crippen molar-refractivity contribution in [3.05, 3.63) is 223 Å². The van der Waals surface area contributed by atoms with Gasteiger partial charge in [-0.2, -0.15) is 6.07 Å². The molecule has 0 atom stereocenters. The first kappa shape index (κ1) is 46.5. The largest absolute Gasteiger partial charge is 0.565 e. The second-order valence-electron chi connectivity index (χ2n) is 17.9. The third kappa shape index (κ3) is 9.92. The molecule has 2 nitrogen and oxygen atoms in total. The first-order valence-corrected chi connectivity index (χ1v) is 24.2. The Morgan fingerprint density at radius 2 is 0.766 bits per heavy atom. The molecule has 0 amide bonds. The van der Waals surface area contributed by atoms with Crippen molar-refractivity contribution < 1.29 is 31.0 Å². The summed E-state index contributed by atoms with van der Waals surface area (Å²) in [7, 11) is -1.70. The van der Waals surface area contributed by atoms with Gasteiger partial charge in [-0.05, 0) is 91.2 Å². The van der Waals surface area contributed by atoms with Crippen LogP contribution in [0.4, 0.5) is 0 Å². The fraction of sp³-hybridized carbons (Fsp3) is 0.136. The predicted octanol–water partition coefficient (Wildman–Crippen LogP) is 12.6. The minimum Gasteiger partial charge on any atom is -0.565 e. The Balaban J connectivity index is 0.000000289. The summed E-state index contributed by atoms with van der Waals surface area (Å²) in [5.41, 5.74) is 4.53. The van der Waals surface area contributed by atoms with Crippen LogP contribution in [-0.2, 0) is 36.7 Å². The van der Waals surface area contributed by atoms with Gasteiger partial charge >= 0.3 is 0 Å². The third-order valence-electron chi connectivity index (χ3n) is 11.5. The Morgan fingerprint density at radius 3 is 1.09 bits per heavy atom. The normalized spacial score (nSPS) is 11.6. The van der Waals surface area contributed by atoms with Crippen molar-refractivity contribution >= 4 is 75.5 Å². The van der Waals surface area contributed by atoms with Crippen LogP contribution in [0.1, 0.15) is 58.2 Å². The number of fused-ring (bicyclic) bond motifs is 2. The average Bonchev–Trinajstić information content (AvgIpc) is 3.30. The minimum atomic E-state index is -0.852. The molecule has 0 spiro atoms. The quantitative estimate of drug-likeness (QED) is 0.122. The molecule has 0 fully saturated rings. The summed E-state index contributed by atoms with van der Waals surface area (Å²) in [6, 6.07) is 75.5. The number of rotatable bonds is 8. The summed E-state index contributed by atoms with van der Waals surface area (Å²) in [5.74, 6) is 0.0560. The van der Waals surface area contributed by atoms with E-state index >= 15 is 0 Å². The van der Waals surface area contributed by atoms with Gasteiger partial charge in [0.25, 0.3) is 0 Å². The number of hydrogen-bond acceptors (Lipinski definition) is 2. The van der Waals surface area contributed by atoms with Crippen molar-refractivity contribution in [2.45, 2.75) is 52.4 Å². The molecule has 322 valence electrons. The van der Waals surface area contributed by atoms with Gasteiger partial charge in [-0.3, -0.25) is 0 Å². The van der Waals surface area contributed by atoms with Gasteiger partial charge < -0.3 is 9.90 Å². The second-order valence-corrected chi connectivity index (χ2v) is 22.3. The van der Waals surface area contributed by atoms with E-state index in [1.165, 1.54) is 64.5 Å². The van der Waals surface area contributed by atoms with Gasteiger partial charge in [0.15, 0.2) is 0 Å². The molecule has 0 aromatic heterocycles. The Kier molecular flexibility index (Phi) is 14.6. The van der Waals surface area contributed by atoms with Crippen LogP contribution < -0.4 is 31.8 Å². The van der Waals surface area contributed by atoms with E-state index in [4.69, 9.17) is 0 Å². The molecule has 9 aromatic carbocycles. The zero-order valence-corrected chi connectivity index (χ0v) is 41.3. The molecule has 0 saturated carbocycles. The standard InChI is InChI=1S/C44H32P2.C15H21O2.Pt/c1-5-19-35(20-6-1)45(36-21-7-2-8-22-36)41-31-29-33-17-13-15-27-39(33)43(41)44-40-28-16-14-18-34(40)30-32-42(44)46(37-23-9-3-10-24-37)38-25-11-4-12-26-38;1-14(2,3)11-7-10(9-16)13(17)12(8-11)15(4,5)6;/h1-32H;7-8,17H,1-6H3;/q;-1;. The maximum atomic E-state index is 10.9. The molecule has 0 radical (unpaired) electrons. The average molecular weight is 1050 g/mol. The Labute approximate surface area is 396 Å².